The lowest BCUT2D eigenvalue weighted by atomic mass is 10.0. The number of morpholine rings is 1. The summed E-state index contributed by atoms with van der Waals surface area (Å²) >= 11 is 0. The van der Waals surface area contributed by atoms with E-state index in [0.29, 0.717) is 38.4 Å². The Bertz CT molecular complexity index is 878. The number of rotatable bonds is 6. The first-order valence-corrected chi connectivity index (χ1v) is 10.4. The van der Waals surface area contributed by atoms with Crippen molar-refractivity contribution in [3.05, 3.63) is 65.7 Å². The monoisotopic (exact) mass is 388 g/mol. The molecule has 1 fully saturated rings. The van der Waals surface area contributed by atoms with Gasteiger partial charge in [-0.05, 0) is 29.7 Å². The molecule has 6 nitrogen and oxygen atoms in total. The van der Waals surface area contributed by atoms with Crippen molar-refractivity contribution in [3.63, 3.8) is 0 Å². The maximum absolute atomic E-state index is 12.8. The van der Waals surface area contributed by atoms with E-state index in [9.17, 15) is 13.2 Å². The summed E-state index contributed by atoms with van der Waals surface area (Å²) in [7, 11) is -3.62. The maximum Gasteiger partial charge on any atom is 0.251 e. The fourth-order valence-electron chi connectivity index (χ4n) is 2.98. The SMILES string of the molecule is C[C@H](CNC(=O)c1cccc(S(=O)(=O)N2CCOCC2)c1)c1ccccc1. The minimum Gasteiger partial charge on any atom is -0.379 e. The zero-order valence-electron chi connectivity index (χ0n) is 15.3. The number of nitrogens with zero attached hydrogens (tertiary/aromatic N) is 1. The molecule has 0 spiro atoms. The van der Waals surface area contributed by atoms with Gasteiger partial charge in [-0.3, -0.25) is 4.79 Å². The summed E-state index contributed by atoms with van der Waals surface area (Å²) in [4.78, 5) is 12.6. The third-order valence-corrected chi connectivity index (χ3v) is 6.54. The van der Waals surface area contributed by atoms with Gasteiger partial charge in [0, 0.05) is 25.2 Å². The average Bonchev–Trinajstić information content (AvgIpc) is 2.73. The van der Waals surface area contributed by atoms with Gasteiger partial charge in [0.25, 0.3) is 5.91 Å². The highest BCUT2D eigenvalue weighted by Crippen LogP contribution is 2.19. The van der Waals surface area contributed by atoms with Crippen molar-refractivity contribution < 1.29 is 17.9 Å². The Morgan fingerprint density at radius 3 is 2.52 bits per heavy atom. The Labute approximate surface area is 160 Å². The van der Waals surface area contributed by atoms with Crippen LogP contribution >= 0.6 is 0 Å². The molecule has 27 heavy (non-hydrogen) atoms. The topological polar surface area (TPSA) is 75.7 Å². The van der Waals surface area contributed by atoms with E-state index in [1.165, 1.54) is 16.4 Å². The van der Waals surface area contributed by atoms with Gasteiger partial charge in [-0.15, -0.1) is 0 Å². The van der Waals surface area contributed by atoms with Crippen LogP contribution < -0.4 is 5.32 Å². The molecule has 0 radical (unpaired) electrons. The molecule has 1 amide bonds. The van der Waals surface area contributed by atoms with Gasteiger partial charge in [0.05, 0.1) is 18.1 Å². The molecule has 1 aliphatic heterocycles. The van der Waals surface area contributed by atoms with E-state index in [1.807, 2.05) is 37.3 Å². The second-order valence-electron chi connectivity index (χ2n) is 6.57. The standard InChI is InChI=1S/C20H24N2O4S/c1-16(17-6-3-2-4-7-17)15-21-20(23)18-8-5-9-19(14-18)27(24,25)22-10-12-26-13-11-22/h2-9,14,16H,10-13,15H2,1H3,(H,21,23)/t16-/m1/s1. The fourth-order valence-corrected chi connectivity index (χ4v) is 4.44. The Kier molecular flexibility index (Phi) is 6.26. The fraction of sp³-hybridized carbons (Fsp3) is 0.350. The van der Waals surface area contributed by atoms with Gasteiger partial charge in [0.1, 0.15) is 0 Å². The van der Waals surface area contributed by atoms with E-state index in [4.69, 9.17) is 4.74 Å². The molecule has 1 saturated heterocycles. The number of carbonyl (C=O) groups excluding carboxylic acids is 1. The lowest BCUT2D eigenvalue weighted by Crippen LogP contribution is -2.40. The summed E-state index contributed by atoms with van der Waals surface area (Å²) in [6.45, 7) is 3.94. The van der Waals surface area contributed by atoms with Crippen molar-refractivity contribution >= 4 is 15.9 Å². The molecule has 2 aromatic rings. The molecular formula is C20H24N2O4S. The lowest BCUT2D eigenvalue weighted by Gasteiger charge is -2.26. The second-order valence-corrected chi connectivity index (χ2v) is 8.50. The quantitative estimate of drug-likeness (QED) is 0.824. The van der Waals surface area contributed by atoms with Crippen LogP contribution in [0.2, 0.25) is 0 Å². The number of nitrogens with one attached hydrogen (secondary N) is 1. The normalized spacial score (nSPS) is 16.6. The number of hydrogen-bond donors (Lipinski definition) is 1. The molecule has 3 rings (SSSR count). The van der Waals surface area contributed by atoms with Crippen LogP contribution in [0.3, 0.4) is 0 Å². The number of hydrogen-bond acceptors (Lipinski definition) is 4. The van der Waals surface area contributed by atoms with Gasteiger partial charge < -0.3 is 10.1 Å². The number of carbonyl (C=O) groups is 1. The van der Waals surface area contributed by atoms with Crippen LogP contribution in [0.4, 0.5) is 0 Å². The molecule has 0 bridgehead atoms. The molecule has 144 valence electrons. The predicted octanol–water partition coefficient (Wildman–Crippen LogP) is 2.24. The Morgan fingerprint density at radius 2 is 1.81 bits per heavy atom. The molecular weight excluding hydrogens is 364 g/mol. The first-order valence-electron chi connectivity index (χ1n) is 8.99. The zero-order chi connectivity index (χ0) is 19.3. The number of sulfonamides is 1. The minimum atomic E-state index is -3.62. The van der Waals surface area contributed by atoms with Crippen molar-refractivity contribution in [1.29, 1.82) is 0 Å². The largest absolute Gasteiger partial charge is 0.379 e. The van der Waals surface area contributed by atoms with Crippen LogP contribution in [-0.4, -0.2) is 51.5 Å². The maximum atomic E-state index is 12.8. The van der Waals surface area contributed by atoms with Gasteiger partial charge >= 0.3 is 0 Å². The Balaban J connectivity index is 1.68. The summed E-state index contributed by atoms with van der Waals surface area (Å²) in [6.07, 6.45) is 0. The summed E-state index contributed by atoms with van der Waals surface area (Å²) in [5, 5.41) is 2.89. The average molecular weight is 388 g/mol. The summed E-state index contributed by atoms with van der Waals surface area (Å²) in [5.41, 5.74) is 1.48. The molecule has 0 unspecified atom stereocenters. The van der Waals surface area contributed by atoms with Crippen LogP contribution in [0.5, 0.6) is 0 Å². The van der Waals surface area contributed by atoms with Crippen LogP contribution in [0.15, 0.2) is 59.5 Å². The smallest absolute Gasteiger partial charge is 0.251 e. The van der Waals surface area contributed by atoms with E-state index in [2.05, 4.69) is 5.32 Å². The highest BCUT2D eigenvalue weighted by Gasteiger charge is 2.26. The lowest BCUT2D eigenvalue weighted by molar-refractivity contribution is 0.0730. The third kappa shape index (κ3) is 4.74. The Morgan fingerprint density at radius 1 is 1.11 bits per heavy atom. The van der Waals surface area contributed by atoms with Gasteiger partial charge in [-0.25, -0.2) is 8.42 Å². The van der Waals surface area contributed by atoms with E-state index in [-0.39, 0.29) is 16.7 Å². The zero-order valence-corrected chi connectivity index (χ0v) is 16.1. The molecule has 0 aliphatic carbocycles. The Hall–Kier alpha value is -2.22. The van der Waals surface area contributed by atoms with Crippen molar-refractivity contribution in [3.8, 4) is 0 Å². The summed E-state index contributed by atoms with van der Waals surface area (Å²) in [6, 6.07) is 16.1. The van der Waals surface area contributed by atoms with Gasteiger partial charge in [0.2, 0.25) is 10.0 Å². The highest BCUT2D eigenvalue weighted by molar-refractivity contribution is 7.89. The van der Waals surface area contributed by atoms with Gasteiger partial charge in [-0.2, -0.15) is 4.31 Å². The van der Waals surface area contributed by atoms with Crippen molar-refractivity contribution in [2.24, 2.45) is 0 Å². The van der Waals surface area contributed by atoms with E-state index >= 15 is 0 Å². The number of benzene rings is 2. The van der Waals surface area contributed by atoms with E-state index < -0.39 is 10.0 Å². The van der Waals surface area contributed by atoms with Crippen LogP contribution in [0.25, 0.3) is 0 Å². The molecule has 1 atom stereocenters. The second kappa shape index (κ2) is 8.65. The molecule has 0 saturated carbocycles. The van der Waals surface area contributed by atoms with Crippen LogP contribution in [0, 0.1) is 0 Å². The van der Waals surface area contributed by atoms with Crippen molar-refractivity contribution in [2.75, 3.05) is 32.8 Å². The summed E-state index contributed by atoms with van der Waals surface area (Å²) in [5.74, 6) is -0.118. The molecule has 2 aromatic carbocycles. The minimum absolute atomic E-state index is 0.133. The first kappa shape index (κ1) is 19.5. The molecule has 1 aliphatic rings. The number of amides is 1. The molecule has 0 aromatic heterocycles. The van der Waals surface area contributed by atoms with E-state index in [1.54, 1.807) is 12.1 Å². The van der Waals surface area contributed by atoms with Crippen LogP contribution in [0.1, 0.15) is 28.8 Å². The molecule has 1 heterocycles. The predicted molar refractivity (Wildman–Crippen MR) is 103 cm³/mol. The highest BCUT2D eigenvalue weighted by atomic mass is 32.2. The van der Waals surface area contributed by atoms with Crippen LogP contribution in [-0.2, 0) is 14.8 Å². The van der Waals surface area contributed by atoms with Gasteiger partial charge in [-0.1, -0.05) is 43.3 Å². The van der Waals surface area contributed by atoms with Gasteiger partial charge in [0.15, 0.2) is 0 Å². The molecule has 1 N–H and O–H groups in total. The van der Waals surface area contributed by atoms with E-state index in [0.717, 1.165) is 5.56 Å². The van der Waals surface area contributed by atoms with Crippen molar-refractivity contribution in [2.45, 2.75) is 17.7 Å². The first-order chi connectivity index (χ1) is 13.0. The molecule has 7 heteroatoms. The summed E-state index contributed by atoms with van der Waals surface area (Å²) < 4.78 is 32.1. The third-order valence-electron chi connectivity index (χ3n) is 4.64. The van der Waals surface area contributed by atoms with Crippen molar-refractivity contribution in [1.82, 2.24) is 9.62 Å². The number of ether oxygens (including phenoxy) is 1.